The molecule has 0 aromatic heterocycles. The molecular formula is C9H12O4. The van der Waals surface area contributed by atoms with Crippen LogP contribution >= 0.6 is 0 Å². The lowest BCUT2D eigenvalue weighted by Crippen LogP contribution is -2.31. The number of esters is 1. The third kappa shape index (κ3) is 2.08. The van der Waals surface area contributed by atoms with Crippen molar-refractivity contribution in [3.05, 3.63) is 12.2 Å². The molecule has 0 aromatic rings. The molecule has 0 saturated carbocycles. The van der Waals surface area contributed by atoms with Crippen molar-refractivity contribution in [1.82, 2.24) is 0 Å². The number of hydrogen-bond acceptors (Lipinski definition) is 3. The van der Waals surface area contributed by atoms with Gasteiger partial charge in [-0.3, -0.25) is 9.59 Å². The first kappa shape index (κ1) is 9.77. The molecule has 0 spiro atoms. The van der Waals surface area contributed by atoms with E-state index in [9.17, 15) is 9.59 Å². The van der Waals surface area contributed by atoms with Crippen molar-refractivity contribution in [3.8, 4) is 0 Å². The highest BCUT2D eigenvalue weighted by Crippen LogP contribution is 2.26. The molecule has 13 heavy (non-hydrogen) atoms. The van der Waals surface area contributed by atoms with E-state index >= 15 is 0 Å². The van der Waals surface area contributed by atoms with Crippen molar-refractivity contribution in [1.29, 1.82) is 0 Å². The second-order valence-electron chi connectivity index (χ2n) is 3.02. The zero-order chi connectivity index (χ0) is 9.84. The molecule has 1 aliphatic carbocycles. The standard InChI is InChI=1S/C9H12O4/c1-13-9(12)7-5-3-2-4-6(7)8(10)11/h2-3,6-7H,4-5H2,1H3,(H,10,11)/t6-,7+/m1/s1. The molecule has 0 unspecified atom stereocenters. The number of carboxylic acid groups (broad SMARTS) is 1. The van der Waals surface area contributed by atoms with Gasteiger partial charge in [-0.15, -0.1) is 0 Å². The summed E-state index contributed by atoms with van der Waals surface area (Å²) >= 11 is 0. The maximum atomic E-state index is 11.2. The fourth-order valence-electron chi connectivity index (χ4n) is 1.50. The monoisotopic (exact) mass is 184 g/mol. The summed E-state index contributed by atoms with van der Waals surface area (Å²) in [6.07, 6.45) is 4.48. The largest absolute Gasteiger partial charge is 0.481 e. The Bertz CT molecular complexity index is 244. The summed E-state index contributed by atoms with van der Waals surface area (Å²) in [5.74, 6) is -2.51. The molecule has 1 N–H and O–H groups in total. The molecule has 0 radical (unpaired) electrons. The van der Waals surface area contributed by atoms with Crippen molar-refractivity contribution in [2.24, 2.45) is 11.8 Å². The first-order valence-corrected chi connectivity index (χ1v) is 4.12. The highest BCUT2D eigenvalue weighted by atomic mass is 16.5. The second-order valence-corrected chi connectivity index (χ2v) is 3.02. The Balaban J connectivity index is 2.75. The Morgan fingerprint density at radius 3 is 2.31 bits per heavy atom. The minimum atomic E-state index is -0.931. The second kappa shape index (κ2) is 4.07. The molecule has 2 atom stereocenters. The number of carbonyl (C=O) groups is 2. The topological polar surface area (TPSA) is 63.6 Å². The molecule has 0 heterocycles. The average molecular weight is 184 g/mol. The third-order valence-electron chi connectivity index (χ3n) is 2.25. The van der Waals surface area contributed by atoms with Crippen molar-refractivity contribution in [3.63, 3.8) is 0 Å². The van der Waals surface area contributed by atoms with Gasteiger partial charge < -0.3 is 9.84 Å². The summed E-state index contributed by atoms with van der Waals surface area (Å²) < 4.78 is 4.53. The van der Waals surface area contributed by atoms with Gasteiger partial charge in [0.1, 0.15) is 0 Å². The van der Waals surface area contributed by atoms with Gasteiger partial charge in [-0.2, -0.15) is 0 Å². The van der Waals surface area contributed by atoms with Crippen molar-refractivity contribution < 1.29 is 19.4 Å². The lowest BCUT2D eigenvalue weighted by molar-refractivity contribution is -0.155. The number of carboxylic acids is 1. The van der Waals surface area contributed by atoms with Crippen LogP contribution in [0.2, 0.25) is 0 Å². The lowest BCUT2D eigenvalue weighted by Gasteiger charge is -2.22. The Morgan fingerprint density at radius 2 is 1.85 bits per heavy atom. The van der Waals surface area contributed by atoms with Gasteiger partial charge in [-0.25, -0.2) is 0 Å². The van der Waals surface area contributed by atoms with Crippen LogP contribution in [0, 0.1) is 11.8 Å². The van der Waals surface area contributed by atoms with Gasteiger partial charge in [0, 0.05) is 0 Å². The predicted molar refractivity (Wildman–Crippen MR) is 45.0 cm³/mol. The number of rotatable bonds is 2. The first-order chi connectivity index (χ1) is 6.16. The lowest BCUT2D eigenvalue weighted by atomic mass is 9.83. The summed E-state index contributed by atoms with van der Waals surface area (Å²) in [7, 11) is 1.28. The van der Waals surface area contributed by atoms with E-state index in [0.717, 1.165) is 0 Å². The number of methoxy groups -OCH3 is 1. The molecular weight excluding hydrogens is 172 g/mol. The molecule has 1 rings (SSSR count). The summed E-state index contributed by atoms with van der Waals surface area (Å²) in [5, 5.41) is 8.81. The number of ether oxygens (including phenoxy) is 1. The Hall–Kier alpha value is -1.32. The summed E-state index contributed by atoms with van der Waals surface area (Å²) in [6.45, 7) is 0. The highest BCUT2D eigenvalue weighted by molar-refractivity contribution is 5.81. The maximum absolute atomic E-state index is 11.2. The summed E-state index contributed by atoms with van der Waals surface area (Å²) in [6, 6.07) is 0. The summed E-state index contributed by atoms with van der Waals surface area (Å²) in [4.78, 5) is 21.9. The van der Waals surface area contributed by atoms with E-state index < -0.39 is 23.8 Å². The Morgan fingerprint density at radius 1 is 1.31 bits per heavy atom. The first-order valence-electron chi connectivity index (χ1n) is 4.12. The van der Waals surface area contributed by atoms with Gasteiger partial charge in [0.15, 0.2) is 0 Å². The molecule has 0 aromatic carbocycles. The van der Waals surface area contributed by atoms with Crippen LogP contribution in [0.4, 0.5) is 0 Å². The van der Waals surface area contributed by atoms with Gasteiger partial charge >= 0.3 is 11.9 Å². The zero-order valence-corrected chi connectivity index (χ0v) is 7.40. The van der Waals surface area contributed by atoms with Gasteiger partial charge in [-0.1, -0.05) is 12.2 Å². The molecule has 4 heteroatoms. The van der Waals surface area contributed by atoms with Crippen molar-refractivity contribution >= 4 is 11.9 Å². The van der Waals surface area contributed by atoms with E-state index in [4.69, 9.17) is 5.11 Å². The average Bonchev–Trinajstić information content (AvgIpc) is 2.16. The minimum Gasteiger partial charge on any atom is -0.481 e. The van der Waals surface area contributed by atoms with Crippen molar-refractivity contribution in [2.75, 3.05) is 7.11 Å². The van der Waals surface area contributed by atoms with Gasteiger partial charge in [-0.05, 0) is 12.8 Å². The van der Waals surface area contributed by atoms with Crippen LogP contribution < -0.4 is 0 Å². The third-order valence-corrected chi connectivity index (χ3v) is 2.25. The van der Waals surface area contributed by atoms with E-state index in [1.165, 1.54) is 7.11 Å². The van der Waals surface area contributed by atoms with E-state index in [2.05, 4.69) is 4.74 Å². The number of allylic oxidation sites excluding steroid dienone is 2. The fraction of sp³-hybridized carbons (Fsp3) is 0.556. The number of aliphatic carboxylic acids is 1. The van der Waals surface area contributed by atoms with Crippen LogP contribution in [0.3, 0.4) is 0 Å². The maximum Gasteiger partial charge on any atom is 0.309 e. The molecule has 0 amide bonds. The van der Waals surface area contributed by atoms with Crippen LogP contribution in [-0.4, -0.2) is 24.2 Å². The van der Waals surface area contributed by atoms with E-state index in [0.29, 0.717) is 12.8 Å². The number of hydrogen-bond donors (Lipinski definition) is 1. The van der Waals surface area contributed by atoms with E-state index in [1.54, 1.807) is 6.08 Å². The molecule has 0 fully saturated rings. The van der Waals surface area contributed by atoms with Gasteiger partial charge in [0.05, 0.1) is 18.9 Å². The SMILES string of the molecule is COC(=O)[C@H]1CC=CC[C@H]1C(=O)O. The molecule has 4 nitrogen and oxygen atoms in total. The zero-order valence-electron chi connectivity index (χ0n) is 7.40. The predicted octanol–water partition coefficient (Wildman–Crippen LogP) is 0.826. The van der Waals surface area contributed by atoms with Crippen molar-refractivity contribution in [2.45, 2.75) is 12.8 Å². The Labute approximate surface area is 76.2 Å². The normalized spacial score (nSPS) is 26.8. The molecule has 72 valence electrons. The Kier molecular flexibility index (Phi) is 3.06. The number of carbonyl (C=O) groups excluding carboxylic acids is 1. The van der Waals surface area contributed by atoms with E-state index in [-0.39, 0.29) is 0 Å². The molecule has 0 bridgehead atoms. The fourth-order valence-corrected chi connectivity index (χ4v) is 1.50. The molecule has 0 aliphatic heterocycles. The minimum absolute atomic E-state index is 0.412. The summed E-state index contributed by atoms with van der Waals surface area (Å²) in [5.41, 5.74) is 0. The van der Waals surface area contributed by atoms with Gasteiger partial charge in [0.2, 0.25) is 0 Å². The smallest absolute Gasteiger partial charge is 0.309 e. The van der Waals surface area contributed by atoms with Crippen LogP contribution in [0.15, 0.2) is 12.2 Å². The highest BCUT2D eigenvalue weighted by Gasteiger charge is 2.34. The van der Waals surface area contributed by atoms with Crippen LogP contribution in [-0.2, 0) is 14.3 Å². The van der Waals surface area contributed by atoms with Gasteiger partial charge in [0.25, 0.3) is 0 Å². The van der Waals surface area contributed by atoms with Crippen LogP contribution in [0.1, 0.15) is 12.8 Å². The molecule has 1 aliphatic rings. The van der Waals surface area contributed by atoms with E-state index in [1.807, 2.05) is 6.08 Å². The van der Waals surface area contributed by atoms with Crippen LogP contribution in [0.25, 0.3) is 0 Å². The van der Waals surface area contributed by atoms with Crippen LogP contribution in [0.5, 0.6) is 0 Å². The molecule has 0 saturated heterocycles. The quantitative estimate of drug-likeness (QED) is 0.510.